The van der Waals surface area contributed by atoms with Gasteiger partial charge in [0.05, 0.1) is 7.11 Å². The predicted molar refractivity (Wildman–Crippen MR) is 66.2 cm³/mol. The van der Waals surface area contributed by atoms with Crippen LogP contribution in [0.4, 0.5) is 5.69 Å². The Balaban J connectivity index is 0.00000162. The Kier molecular flexibility index (Phi) is 5.51. The van der Waals surface area contributed by atoms with Crippen molar-refractivity contribution in [1.29, 1.82) is 0 Å². The number of ether oxygens (including phenoxy) is 1. The van der Waals surface area contributed by atoms with Crippen molar-refractivity contribution < 1.29 is 28.4 Å². The first-order valence-corrected chi connectivity index (χ1v) is 5.22. The van der Waals surface area contributed by atoms with Crippen LogP contribution in [0.2, 0.25) is 0 Å². The zero-order chi connectivity index (χ0) is 12.1. The number of carbonyl (C=O) groups is 1. The van der Waals surface area contributed by atoms with Gasteiger partial charge in [-0.3, -0.25) is 0 Å². The molecule has 0 heterocycles. The minimum atomic E-state index is -0.199. The maximum atomic E-state index is 11.9. The van der Waals surface area contributed by atoms with E-state index in [1.54, 1.807) is 25.3 Å². The molecular weight excluding hydrogens is 221 g/mol. The fourth-order valence-electron chi connectivity index (χ4n) is 1.42. The third-order valence-corrected chi connectivity index (χ3v) is 2.26. The molecule has 0 saturated carbocycles. The molecule has 2 rings (SSSR count). The summed E-state index contributed by atoms with van der Waals surface area (Å²) in [5, 5.41) is 2.78. The Bertz CT molecular complexity index is 514. The first-order chi connectivity index (χ1) is 8.29. The van der Waals surface area contributed by atoms with Gasteiger partial charge in [0, 0.05) is 11.4 Å². The van der Waals surface area contributed by atoms with E-state index < -0.39 is 0 Å². The van der Waals surface area contributed by atoms with E-state index in [0.29, 0.717) is 11.3 Å². The molecule has 0 unspecified atom stereocenters. The molecule has 0 radical (unpaired) electrons. The topological polar surface area (TPSA) is 38.3 Å². The van der Waals surface area contributed by atoms with E-state index in [4.69, 9.17) is 4.74 Å². The molecule has 0 fully saturated rings. The Morgan fingerprint density at radius 1 is 1.11 bits per heavy atom. The molecule has 0 aliphatic carbocycles. The fourth-order valence-corrected chi connectivity index (χ4v) is 1.42. The van der Waals surface area contributed by atoms with Crippen LogP contribution in [0.15, 0.2) is 48.5 Å². The molecule has 0 spiro atoms. The van der Waals surface area contributed by atoms with Gasteiger partial charge >= 0.3 is 18.9 Å². The first-order valence-electron chi connectivity index (χ1n) is 5.22. The fraction of sp³-hybridized carbons (Fsp3) is 0.0714. The number of hydrogen-bond donors (Lipinski definition) is 1. The monoisotopic (exact) mass is 233 g/mol. The molecule has 4 heteroatoms. The van der Waals surface area contributed by atoms with Gasteiger partial charge in [0.25, 0.3) is 0 Å². The van der Waals surface area contributed by atoms with Crippen molar-refractivity contribution in [2.45, 2.75) is 0 Å². The number of amides is 1. The summed E-state index contributed by atoms with van der Waals surface area (Å²) in [6, 6.07) is 17.4. The Hall–Kier alpha value is -1.69. The van der Waals surface area contributed by atoms with Crippen molar-refractivity contribution in [1.82, 2.24) is 0 Å². The van der Waals surface area contributed by atoms with Gasteiger partial charge in [0.15, 0.2) is 5.91 Å². The van der Waals surface area contributed by atoms with Gasteiger partial charge in [-0.1, -0.05) is 29.8 Å². The van der Waals surface area contributed by atoms with E-state index in [9.17, 15) is 4.79 Å². The van der Waals surface area contributed by atoms with Gasteiger partial charge in [-0.05, 0) is 12.1 Å². The van der Waals surface area contributed by atoms with Crippen molar-refractivity contribution in [2.24, 2.45) is 0 Å². The molecule has 0 aliphatic rings. The number of hydrogen-bond acceptors (Lipinski definition) is 2. The number of anilines is 1. The number of methoxy groups -OCH3 is 1. The summed E-state index contributed by atoms with van der Waals surface area (Å²) in [6.45, 7) is 0. The third-order valence-electron chi connectivity index (χ3n) is 2.26. The molecule has 0 aromatic heterocycles. The van der Waals surface area contributed by atoms with Gasteiger partial charge in [0.1, 0.15) is 0 Å². The number of rotatable bonds is 3. The van der Waals surface area contributed by atoms with Crippen LogP contribution < -0.4 is 28.9 Å². The van der Waals surface area contributed by atoms with Crippen LogP contribution in [0.1, 0.15) is 10.4 Å². The summed E-state index contributed by atoms with van der Waals surface area (Å²) in [4.78, 5) is 11.9. The molecule has 1 amide bonds. The third kappa shape index (κ3) is 3.66. The number of carbonyl (C=O) groups excluding carboxylic acids is 1. The second-order valence-corrected chi connectivity index (χ2v) is 3.45. The molecule has 2 aromatic carbocycles. The average molecular weight is 233 g/mol. The van der Waals surface area contributed by atoms with Crippen LogP contribution in [0.3, 0.4) is 0 Å². The SMILES string of the molecule is COc1[c-]c(C(=O)Nc2ccccc2)ccc1.[Li+]. The van der Waals surface area contributed by atoms with Crippen LogP contribution in [-0.2, 0) is 0 Å². The summed E-state index contributed by atoms with van der Waals surface area (Å²) >= 11 is 0. The van der Waals surface area contributed by atoms with E-state index >= 15 is 0 Å². The van der Waals surface area contributed by atoms with Gasteiger partial charge in [-0.15, -0.1) is 18.2 Å². The van der Waals surface area contributed by atoms with Crippen molar-refractivity contribution in [2.75, 3.05) is 12.4 Å². The molecule has 0 bridgehead atoms. The minimum Gasteiger partial charge on any atom is -0.516 e. The van der Waals surface area contributed by atoms with Gasteiger partial charge < -0.3 is 14.8 Å². The molecular formula is C14H12LiNO2. The standard InChI is InChI=1S/C14H12NO2.Li/c1-17-13-9-5-6-11(10-13)14(16)15-12-7-3-2-4-8-12;/h2-9H,1H3,(H,15,16);/q-1;+1. The van der Waals surface area contributed by atoms with Crippen LogP contribution in [-0.4, -0.2) is 13.0 Å². The van der Waals surface area contributed by atoms with E-state index in [-0.39, 0.29) is 24.8 Å². The molecule has 2 aromatic rings. The number of nitrogens with one attached hydrogen (secondary N) is 1. The summed E-state index contributed by atoms with van der Waals surface area (Å²) in [5.74, 6) is 0.348. The number of para-hydroxylation sites is 1. The van der Waals surface area contributed by atoms with Gasteiger partial charge in [-0.2, -0.15) is 0 Å². The molecule has 1 N–H and O–H groups in total. The zero-order valence-corrected chi connectivity index (χ0v) is 10.4. The van der Waals surface area contributed by atoms with Gasteiger partial charge in [-0.25, -0.2) is 0 Å². The van der Waals surface area contributed by atoms with E-state index in [2.05, 4.69) is 11.4 Å². The first kappa shape index (κ1) is 14.4. The molecule has 86 valence electrons. The molecule has 0 aliphatic heterocycles. The molecule has 18 heavy (non-hydrogen) atoms. The summed E-state index contributed by atoms with van der Waals surface area (Å²) in [7, 11) is 1.55. The maximum Gasteiger partial charge on any atom is 1.00 e. The van der Waals surface area contributed by atoms with Crippen molar-refractivity contribution in [3.8, 4) is 5.75 Å². The van der Waals surface area contributed by atoms with E-state index in [1.807, 2.05) is 30.3 Å². The minimum absolute atomic E-state index is 0. The quantitative estimate of drug-likeness (QED) is 0.586. The second-order valence-electron chi connectivity index (χ2n) is 3.45. The van der Waals surface area contributed by atoms with Crippen molar-refractivity contribution in [3.05, 3.63) is 60.2 Å². The normalized spacial score (nSPS) is 9.17. The smallest absolute Gasteiger partial charge is 0.516 e. The van der Waals surface area contributed by atoms with Crippen LogP contribution in [0.5, 0.6) is 5.75 Å². The van der Waals surface area contributed by atoms with Crippen molar-refractivity contribution >= 4 is 11.6 Å². The summed E-state index contributed by atoms with van der Waals surface area (Å²) in [5.41, 5.74) is 1.21. The van der Waals surface area contributed by atoms with E-state index in [1.165, 1.54) is 0 Å². The maximum absolute atomic E-state index is 11.9. The molecule has 3 nitrogen and oxygen atoms in total. The number of benzene rings is 2. The zero-order valence-electron chi connectivity index (χ0n) is 10.4. The molecule has 0 saturated heterocycles. The Labute approximate surface area is 118 Å². The summed E-state index contributed by atoms with van der Waals surface area (Å²) in [6.07, 6.45) is 0. The average Bonchev–Trinajstić information content (AvgIpc) is 2.40. The Morgan fingerprint density at radius 2 is 1.83 bits per heavy atom. The van der Waals surface area contributed by atoms with Crippen LogP contribution >= 0.6 is 0 Å². The van der Waals surface area contributed by atoms with Crippen LogP contribution in [0.25, 0.3) is 0 Å². The van der Waals surface area contributed by atoms with E-state index in [0.717, 1.165) is 5.69 Å². The second kappa shape index (κ2) is 6.90. The van der Waals surface area contributed by atoms with Crippen molar-refractivity contribution in [3.63, 3.8) is 0 Å². The predicted octanol–water partition coefficient (Wildman–Crippen LogP) is -0.248. The van der Waals surface area contributed by atoms with Crippen LogP contribution in [0, 0.1) is 6.07 Å². The summed E-state index contributed by atoms with van der Waals surface area (Å²) < 4.78 is 5.02. The Morgan fingerprint density at radius 3 is 2.50 bits per heavy atom. The molecule has 0 atom stereocenters. The van der Waals surface area contributed by atoms with Gasteiger partial charge in [0.2, 0.25) is 0 Å². The largest absolute Gasteiger partial charge is 1.00 e.